The van der Waals surface area contributed by atoms with Gasteiger partial charge in [0.2, 0.25) is 0 Å². The third-order valence-electron chi connectivity index (χ3n) is 3.24. The zero-order chi connectivity index (χ0) is 13.5. The van der Waals surface area contributed by atoms with E-state index in [1.165, 1.54) is 0 Å². The van der Waals surface area contributed by atoms with Crippen molar-refractivity contribution in [2.24, 2.45) is 5.92 Å². The highest BCUT2D eigenvalue weighted by molar-refractivity contribution is 7.98. The van der Waals surface area contributed by atoms with Crippen LogP contribution >= 0.6 is 11.8 Å². The van der Waals surface area contributed by atoms with Crippen LogP contribution in [-0.4, -0.2) is 41.2 Å². The van der Waals surface area contributed by atoms with Gasteiger partial charge < -0.3 is 15.7 Å². The Labute approximate surface area is 112 Å². The van der Waals surface area contributed by atoms with Gasteiger partial charge >= 0.3 is 12.0 Å². The molecule has 2 amide bonds. The summed E-state index contributed by atoms with van der Waals surface area (Å²) in [5.74, 6) is 0.388. The average Bonchev–Trinajstić information content (AvgIpc) is 2.69. The van der Waals surface area contributed by atoms with Gasteiger partial charge in [0, 0.05) is 6.04 Å². The van der Waals surface area contributed by atoms with Crippen LogP contribution in [0.4, 0.5) is 4.79 Å². The molecule has 3 atom stereocenters. The standard InChI is InChI=1S/C12H22N2O3S/c1-8-3-4-9(7-8)13-12(17)14-10(11(15)16)5-6-18-2/h8-10H,3-7H2,1-2H3,(H,15,16)(H2,13,14,17)/t8?,9?,10-/m0/s1. The summed E-state index contributed by atoms with van der Waals surface area (Å²) in [4.78, 5) is 22.7. The molecule has 0 saturated heterocycles. The van der Waals surface area contributed by atoms with Crippen LogP contribution in [0.15, 0.2) is 0 Å². The molecule has 104 valence electrons. The summed E-state index contributed by atoms with van der Waals surface area (Å²) < 4.78 is 0. The van der Waals surface area contributed by atoms with Crippen molar-refractivity contribution in [2.75, 3.05) is 12.0 Å². The molecule has 0 spiro atoms. The van der Waals surface area contributed by atoms with Crippen molar-refractivity contribution in [1.29, 1.82) is 0 Å². The summed E-state index contributed by atoms with van der Waals surface area (Å²) in [6, 6.07) is -0.964. The number of hydrogen-bond acceptors (Lipinski definition) is 3. The molecule has 2 unspecified atom stereocenters. The highest BCUT2D eigenvalue weighted by Crippen LogP contribution is 2.24. The molecule has 0 aliphatic heterocycles. The van der Waals surface area contributed by atoms with E-state index in [1.807, 2.05) is 6.26 Å². The second-order valence-corrected chi connectivity index (χ2v) is 5.89. The maximum atomic E-state index is 11.7. The van der Waals surface area contributed by atoms with Gasteiger partial charge in [-0.3, -0.25) is 0 Å². The van der Waals surface area contributed by atoms with Gasteiger partial charge in [0.1, 0.15) is 6.04 Å². The molecular formula is C12H22N2O3S. The van der Waals surface area contributed by atoms with E-state index in [-0.39, 0.29) is 12.1 Å². The van der Waals surface area contributed by atoms with E-state index in [0.29, 0.717) is 12.3 Å². The smallest absolute Gasteiger partial charge is 0.326 e. The lowest BCUT2D eigenvalue weighted by Gasteiger charge is -2.17. The first kappa shape index (κ1) is 15.1. The number of carbonyl (C=O) groups excluding carboxylic acids is 1. The van der Waals surface area contributed by atoms with E-state index in [1.54, 1.807) is 11.8 Å². The third kappa shape index (κ3) is 5.16. The van der Waals surface area contributed by atoms with E-state index in [9.17, 15) is 9.59 Å². The van der Waals surface area contributed by atoms with Crippen molar-refractivity contribution in [1.82, 2.24) is 10.6 Å². The molecule has 1 rings (SSSR count). The maximum Gasteiger partial charge on any atom is 0.326 e. The Morgan fingerprint density at radius 3 is 2.67 bits per heavy atom. The molecule has 1 aliphatic carbocycles. The Hall–Kier alpha value is -0.910. The Morgan fingerprint density at radius 1 is 1.44 bits per heavy atom. The number of urea groups is 1. The van der Waals surface area contributed by atoms with Gasteiger partial charge in [0.25, 0.3) is 0 Å². The normalized spacial score (nSPS) is 24.6. The highest BCUT2D eigenvalue weighted by Gasteiger charge is 2.25. The van der Waals surface area contributed by atoms with Gasteiger partial charge in [-0.15, -0.1) is 0 Å². The van der Waals surface area contributed by atoms with E-state index in [4.69, 9.17) is 5.11 Å². The fourth-order valence-electron chi connectivity index (χ4n) is 2.22. The third-order valence-corrected chi connectivity index (χ3v) is 3.89. The zero-order valence-electron chi connectivity index (χ0n) is 10.9. The number of amides is 2. The van der Waals surface area contributed by atoms with Crippen LogP contribution in [0.1, 0.15) is 32.6 Å². The minimum Gasteiger partial charge on any atom is -0.480 e. The van der Waals surface area contributed by atoms with Gasteiger partial charge in [-0.05, 0) is 43.6 Å². The molecule has 3 N–H and O–H groups in total. The summed E-state index contributed by atoms with van der Waals surface area (Å²) in [6.45, 7) is 2.16. The molecule has 6 heteroatoms. The van der Waals surface area contributed by atoms with Crippen LogP contribution in [0.2, 0.25) is 0 Å². The summed E-state index contributed by atoms with van der Waals surface area (Å²) in [5.41, 5.74) is 0. The molecule has 18 heavy (non-hydrogen) atoms. The minimum atomic E-state index is -0.973. The lowest BCUT2D eigenvalue weighted by Crippen LogP contribution is -2.48. The number of carboxylic acid groups (broad SMARTS) is 1. The number of thioether (sulfide) groups is 1. The van der Waals surface area contributed by atoms with Crippen molar-refractivity contribution in [2.45, 2.75) is 44.7 Å². The second kappa shape index (κ2) is 7.51. The zero-order valence-corrected chi connectivity index (χ0v) is 11.8. The molecule has 0 aromatic carbocycles. The van der Waals surface area contributed by atoms with Crippen molar-refractivity contribution in [3.05, 3.63) is 0 Å². The summed E-state index contributed by atoms with van der Waals surface area (Å²) in [6.07, 6.45) is 5.46. The number of rotatable bonds is 6. The molecular weight excluding hydrogens is 252 g/mol. The number of nitrogens with one attached hydrogen (secondary N) is 2. The Balaban J connectivity index is 2.34. The lowest BCUT2D eigenvalue weighted by molar-refractivity contribution is -0.139. The number of carboxylic acids is 1. The molecule has 5 nitrogen and oxygen atoms in total. The summed E-state index contributed by atoms with van der Waals surface area (Å²) in [5, 5.41) is 14.4. The van der Waals surface area contributed by atoms with Crippen molar-refractivity contribution in [3.8, 4) is 0 Å². The quantitative estimate of drug-likeness (QED) is 0.688. The molecule has 0 bridgehead atoms. The van der Waals surface area contributed by atoms with Crippen LogP contribution in [0.5, 0.6) is 0 Å². The Bertz CT molecular complexity index is 299. The predicted molar refractivity (Wildman–Crippen MR) is 72.9 cm³/mol. The summed E-state index contributed by atoms with van der Waals surface area (Å²) in [7, 11) is 0. The molecule has 0 aromatic rings. The largest absolute Gasteiger partial charge is 0.480 e. The monoisotopic (exact) mass is 274 g/mol. The van der Waals surface area contributed by atoms with Crippen LogP contribution in [0.25, 0.3) is 0 Å². The van der Waals surface area contributed by atoms with Crippen LogP contribution in [-0.2, 0) is 4.79 Å². The van der Waals surface area contributed by atoms with E-state index < -0.39 is 12.0 Å². The lowest BCUT2D eigenvalue weighted by atomic mass is 10.1. The Morgan fingerprint density at radius 2 is 2.17 bits per heavy atom. The number of carbonyl (C=O) groups is 2. The van der Waals surface area contributed by atoms with Gasteiger partial charge in [-0.1, -0.05) is 6.92 Å². The van der Waals surface area contributed by atoms with E-state index in [2.05, 4.69) is 17.6 Å². The van der Waals surface area contributed by atoms with Gasteiger partial charge in [-0.25, -0.2) is 9.59 Å². The first-order valence-electron chi connectivity index (χ1n) is 6.31. The van der Waals surface area contributed by atoms with Gasteiger partial charge in [-0.2, -0.15) is 11.8 Å². The van der Waals surface area contributed by atoms with Crippen LogP contribution < -0.4 is 10.6 Å². The SMILES string of the molecule is CSCC[C@H](NC(=O)NC1CCC(C)C1)C(=O)O. The maximum absolute atomic E-state index is 11.7. The molecule has 1 aliphatic rings. The molecule has 1 fully saturated rings. The van der Waals surface area contributed by atoms with Crippen molar-refractivity contribution in [3.63, 3.8) is 0 Å². The van der Waals surface area contributed by atoms with Crippen LogP contribution in [0, 0.1) is 5.92 Å². The molecule has 0 heterocycles. The van der Waals surface area contributed by atoms with Crippen LogP contribution in [0.3, 0.4) is 0 Å². The molecule has 0 radical (unpaired) electrons. The van der Waals surface area contributed by atoms with Gasteiger partial charge in [0.15, 0.2) is 0 Å². The summed E-state index contributed by atoms with van der Waals surface area (Å²) >= 11 is 1.57. The topological polar surface area (TPSA) is 78.4 Å². The van der Waals surface area contributed by atoms with E-state index >= 15 is 0 Å². The predicted octanol–water partition coefficient (Wildman–Crippen LogP) is 1.68. The first-order valence-corrected chi connectivity index (χ1v) is 7.71. The minimum absolute atomic E-state index is 0.190. The van der Waals surface area contributed by atoms with E-state index in [0.717, 1.165) is 25.0 Å². The Kier molecular flexibility index (Phi) is 6.32. The highest BCUT2D eigenvalue weighted by atomic mass is 32.2. The number of aliphatic carboxylic acids is 1. The number of hydrogen-bond donors (Lipinski definition) is 3. The van der Waals surface area contributed by atoms with Crippen molar-refractivity contribution < 1.29 is 14.7 Å². The fraction of sp³-hybridized carbons (Fsp3) is 0.833. The average molecular weight is 274 g/mol. The molecule has 0 aromatic heterocycles. The molecule has 1 saturated carbocycles. The first-order chi connectivity index (χ1) is 8.52. The van der Waals surface area contributed by atoms with Crippen molar-refractivity contribution >= 4 is 23.8 Å². The fourth-order valence-corrected chi connectivity index (χ4v) is 2.69. The van der Waals surface area contributed by atoms with Gasteiger partial charge in [0.05, 0.1) is 0 Å². The second-order valence-electron chi connectivity index (χ2n) is 4.91.